The van der Waals surface area contributed by atoms with Crippen LogP contribution in [0.2, 0.25) is 5.02 Å². The van der Waals surface area contributed by atoms with Gasteiger partial charge in [0.25, 0.3) is 0 Å². The molecule has 11 heteroatoms. The Morgan fingerprint density at radius 1 is 1.06 bits per heavy atom. The number of hydrogen-bond acceptors (Lipinski definition) is 6. The van der Waals surface area contributed by atoms with Gasteiger partial charge in [0.1, 0.15) is 18.0 Å². The quantitative estimate of drug-likeness (QED) is 0.398. The Hall–Kier alpha value is -4.44. The first-order valence-corrected chi connectivity index (χ1v) is 11.3. The van der Waals surface area contributed by atoms with Crippen LogP contribution in [0.15, 0.2) is 81.4 Å². The van der Waals surface area contributed by atoms with E-state index < -0.39 is 23.8 Å². The molecular weight excluding hydrogens is 484 g/mol. The molecule has 0 unspecified atom stereocenters. The van der Waals surface area contributed by atoms with Gasteiger partial charge in [-0.3, -0.25) is 19.3 Å². The summed E-state index contributed by atoms with van der Waals surface area (Å²) in [5, 5.41) is 2.96. The van der Waals surface area contributed by atoms with Gasteiger partial charge in [-0.15, -0.1) is 0 Å². The van der Waals surface area contributed by atoms with E-state index in [1.165, 1.54) is 11.6 Å². The van der Waals surface area contributed by atoms with Gasteiger partial charge in [-0.2, -0.15) is 0 Å². The lowest BCUT2D eigenvalue weighted by Crippen LogP contribution is -2.51. The molecule has 0 fully saturated rings. The number of likely N-dealkylation sites (N-methyl/N-ethyl adjacent to an activating group) is 1. The van der Waals surface area contributed by atoms with E-state index in [4.69, 9.17) is 16.3 Å². The fourth-order valence-electron chi connectivity index (χ4n) is 3.35. The van der Waals surface area contributed by atoms with Crippen molar-refractivity contribution in [3.63, 3.8) is 0 Å². The van der Waals surface area contributed by atoms with Crippen molar-refractivity contribution >= 4 is 23.2 Å². The number of pyridine rings is 1. The second kappa shape index (κ2) is 10.9. The maximum Gasteiger partial charge on any atom is 0.335 e. The number of halogens is 1. The molecular formula is C25H23ClN6O4. The van der Waals surface area contributed by atoms with E-state index in [0.29, 0.717) is 22.2 Å². The third-order valence-corrected chi connectivity index (χ3v) is 5.44. The molecule has 4 rings (SSSR count). The number of nitrogens with zero attached hydrogens (tertiary/aromatic N) is 4. The number of H-pyrrole nitrogens is 1. The second-order valence-electron chi connectivity index (χ2n) is 7.85. The zero-order chi connectivity index (χ0) is 25.7. The lowest BCUT2D eigenvalue weighted by atomic mass is 10.2. The molecule has 10 nitrogen and oxygen atoms in total. The zero-order valence-corrected chi connectivity index (χ0v) is 20.3. The molecule has 2 N–H and O–H groups in total. The van der Waals surface area contributed by atoms with Gasteiger partial charge in [-0.1, -0.05) is 23.7 Å². The number of rotatable bonds is 7. The number of aryl methyl sites for hydroxylation is 1. The summed E-state index contributed by atoms with van der Waals surface area (Å²) in [6.07, 6.45) is 1.66. The molecule has 2 heterocycles. The summed E-state index contributed by atoms with van der Waals surface area (Å²) in [5.41, 5.74) is 0.683. The van der Waals surface area contributed by atoms with E-state index in [-0.39, 0.29) is 12.2 Å². The lowest BCUT2D eigenvalue weighted by molar-refractivity contribution is -0.121. The van der Waals surface area contributed by atoms with Crippen molar-refractivity contribution in [3.8, 4) is 11.5 Å². The van der Waals surface area contributed by atoms with Crippen molar-refractivity contribution in [2.24, 2.45) is 4.99 Å². The Balaban J connectivity index is 1.73. The Morgan fingerprint density at radius 2 is 1.78 bits per heavy atom. The van der Waals surface area contributed by atoms with Crippen LogP contribution in [-0.2, 0) is 17.9 Å². The average Bonchev–Trinajstić information content (AvgIpc) is 2.86. The molecule has 0 aliphatic rings. The van der Waals surface area contributed by atoms with Crippen molar-refractivity contribution in [2.45, 2.75) is 20.0 Å². The highest BCUT2D eigenvalue weighted by atomic mass is 35.5. The molecule has 2 aromatic carbocycles. The number of carbonyl (C=O) groups is 1. The van der Waals surface area contributed by atoms with Crippen LogP contribution in [0.1, 0.15) is 11.3 Å². The third kappa shape index (κ3) is 5.97. The van der Waals surface area contributed by atoms with Gasteiger partial charge < -0.3 is 10.1 Å². The zero-order valence-electron chi connectivity index (χ0n) is 19.6. The second-order valence-corrected chi connectivity index (χ2v) is 8.29. The first-order valence-electron chi connectivity index (χ1n) is 11.0. The molecule has 0 saturated carbocycles. The Kier molecular flexibility index (Phi) is 7.45. The van der Waals surface area contributed by atoms with Gasteiger partial charge in [0, 0.05) is 30.0 Å². The van der Waals surface area contributed by atoms with Gasteiger partial charge in [0.15, 0.2) is 0 Å². The minimum Gasteiger partial charge on any atom is -0.457 e. The minimum atomic E-state index is -0.747. The van der Waals surface area contributed by atoms with Gasteiger partial charge in [0.2, 0.25) is 11.5 Å². The molecule has 0 radical (unpaired) electrons. The first kappa shape index (κ1) is 24.7. The molecule has 2 aromatic heterocycles. The van der Waals surface area contributed by atoms with Gasteiger partial charge in [-0.25, -0.2) is 19.1 Å². The van der Waals surface area contributed by atoms with Crippen molar-refractivity contribution in [3.05, 3.63) is 110 Å². The van der Waals surface area contributed by atoms with Crippen LogP contribution in [0.25, 0.3) is 0 Å². The number of benzene rings is 2. The monoisotopic (exact) mass is 506 g/mol. The predicted octanol–water partition coefficient (Wildman–Crippen LogP) is 2.51. The number of ether oxygens (including phenoxy) is 1. The summed E-state index contributed by atoms with van der Waals surface area (Å²) in [5.74, 6) is 0.755. The van der Waals surface area contributed by atoms with E-state index in [0.717, 1.165) is 15.8 Å². The van der Waals surface area contributed by atoms with Crippen LogP contribution >= 0.6 is 11.6 Å². The topological polar surface area (TPSA) is 123 Å². The maximum absolute atomic E-state index is 13.2. The standard InChI is InChI=1S/C25H23ClN6O4/c1-16-13-21(11-12-28-16)36-20-9-7-19(8-10-20)29-23-30-24(34)32(15-22(33)27-2)25(35)31(23)14-17-3-5-18(26)6-4-17/h3-13H,14-15H2,1-2H3,(H,27,33)(H,29,30,34). The minimum absolute atomic E-state index is 0.0338. The number of aromatic amines is 1. The third-order valence-electron chi connectivity index (χ3n) is 5.19. The molecule has 0 atom stereocenters. The number of carbonyl (C=O) groups excluding carboxylic acids is 1. The summed E-state index contributed by atoms with van der Waals surface area (Å²) in [6, 6.07) is 17.3. The summed E-state index contributed by atoms with van der Waals surface area (Å²) in [6.45, 7) is 1.55. The number of nitrogens with one attached hydrogen (secondary N) is 2. The Bertz CT molecular complexity index is 1570. The highest BCUT2D eigenvalue weighted by Gasteiger charge is 2.12. The van der Waals surface area contributed by atoms with Crippen molar-refractivity contribution < 1.29 is 9.53 Å². The Labute approximate surface area is 210 Å². The fraction of sp³-hybridized carbons (Fsp3) is 0.160. The molecule has 184 valence electrons. The van der Waals surface area contributed by atoms with Crippen molar-refractivity contribution in [1.29, 1.82) is 0 Å². The van der Waals surface area contributed by atoms with Gasteiger partial charge >= 0.3 is 11.4 Å². The van der Waals surface area contributed by atoms with Crippen molar-refractivity contribution in [2.75, 3.05) is 7.05 Å². The first-order chi connectivity index (χ1) is 17.3. The van der Waals surface area contributed by atoms with E-state index in [9.17, 15) is 14.4 Å². The maximum atomic E-state index is 13.2. The summed E-state index contributed by atoms with van der Waals surface area (Å²) in [7, 11) is 1.43. The molecule has 0 aliphatic carbocycles. The summed E-state index contributed by atoms with van der Waals surface area (Å²) >= 11 is 5.98. The van der Waals surface area contributed by atoms with E-state index in [1.54, 1.807) is 60.8 Å². The lowest BCUT2D eigenvalue weighted by Gasteiger charge is -2.11. The highest BCUT2D eigenvalue weighted by Crippen LogP contribution is 2.23. The summed E-state index contributed by atoms with van der Waals surface area (Å²) in [4.78, 5) is 49.0. The Morgan fingerprint density at radius 3 is 2.44 bits per heavy atom. The molecule has 0 spiro atoms. The number of aromatic nitrogens is 4. The molecule has 0 aliphatic heterocycles. The molecule has 0 bridgehead atoms. The van der Waals surface area contributed by atoms with Gasteiger partial charge in [-0.05, 0) is 55.0 Å². The van der Waals surface area contributed by atoms with Crippen LogP contribution < -0.4 is 27.1 Å². The smallest absolute Gasteiger partial charge is 0.335 e. The van der Waals surface area contributed by atoms with Crippen LogP contribution in [0.4, 0.5) is 5.69 Å². The van der Waals surface area contributed by atoms with Crippen LogP contribution in [0, 0.1) is 6.92 Å². The van der Waals surface area contributed by atoms with E-state index in [1.807, 2.05) is 13.0 Å². The molecule has 36 heavy (non-hydrogen) atoms. The normalized spacial score (nSPS) is 11.4. The van der Waals surface area contributed by atoms with Crippen LogP contribution in [-0.4, -0.2) is 32.1 Å². The molecule has 1 amide bonds. The molecule has 4 aromatic rings. The van der Waals surface area contributed by atoms with Gasteiger partial charge in [0.05, 0.1) is 12.2 Å². The molecule has 0 saturated heterocycles. The highest BCUT2D eigenvalue weighted by molar-refractivity contribution is 6.30. The predicted molar refractivity (Wildman–Crippen MR) is 135 cm³/mol. The number of amides is 1. The number of hydrogen-bond donors (Lipinski definition) is 2. The van der Waals surface area contributed by atoms with E-state index in [2.05, 4.69) is 20.3 Å². The van der Waals surface area contributed by atoms with E-state index >= 15 is 0 Å². The van der Waals surface area contributed by atoms with Crippen LogP contribution in [0.5, 0.6) is 11.5 Å². The largest absolute Gasteiger partial charge is 0.457 e. The fourth-order valence-corrected chi connectivity index (χ4v) is 3.48. The van der Waals surface area contributed by atoms with Crippen molar-refractivity contribution in [1.82, 2.24) is 24.4 Å². The SMILES string of the molecule is CNC(=O)Cn1c(=O)[nH]/c(=N\c2ccc(Oc3ccnc(C)c3)cc2)n(Cc2ccc(Cl)cc2)c1=O. The summed E-state index contributed by atoms with van der Waals surface area (Å²) < 4.78 is 7.94. The average molecular weight is 507 g/mol. The van der Waals surface area contributed by atoms with Crippen LogP contribution in [0.3, 0.4) is 0 Å².